The van der Waals surface area contributed by atoms with Gasteiger partial charge in [-0.3, -0.25) is 9.78 Å². The number of aryl methyl sites for hydroxylation is 1. The Hall–Kier alpha value is -3.06. The number of thioether (sulfide) groups is 1. The molecule has 0 radical (unpaired) electrons. The normalized spacial score (nSPS) is 10.4. The molecule has 0 fully saturated rings. The lowest BCUT2D eigenvalue weighted by molar-refractivity contribution is -0.118. The molecular formula is C23H27N3O3S. The molecule has 1 aromatic heterocycles. The van der Waals surface area contributed by atoms with Crippen LogP contribution in [-0.2, 0) is 4.79 Å². The number of nitrogens with one attached hydrogen (secondary N) is 1. The summed E-state index contributed by atoms with van der Waals surface area (Å²) >= 11 is 1.47. The molecule has 3 rings (SSSR count). The van der Waals surface area contributed by atoms with Gasteiger partial charge in [0.05, 0.1) is 31.7 Å². The van der Waals surface area contributed by atoms with Crippen molar-refractivity contribution in [2.75, 3.05) is 20.0 Å². The molecule has 30 heavy (non-hydrogen) atoms. The minimum atomic E-state index is -0.180. The van der Waals surface area contributed by atoms with Crippen LogP contribution in [0, 0.1) is 6.92 Å². The lowest BCUT2D eigenvalue weighted by Crippen LogP contribution is -2.19. The van der Waals surface area contributed by atoms with E-state index in [9.17, 15) is 4.79 Å². The highest BCUT2D eigenvalue weighted by Crippen LogP contribution is 2.28. The van der Waals surface area contributed by atoms with Crippen LogP contribution in [0.4, 0.5) is 0 Å². The number of hydrogen-bond donors (Lipinski definition) is 1. The summed E-state index contributed by atoms with van der Waals surface area (Å²) in [6.45, 7) is 5.95. The Morgan fingerprint density at radius 2 is 1.83 bits per heavy atom. The van der Waals surface area contributed by atoms with E-state index in [0.29, 0.717) is 11.5 Å². The Kier molecular flexibility index (Phi) is 9.15. The van der Waals surface area contributed by atoms with Crippen molar-refractivity contribution < 1.29 is 14.3 Å². The number of pyridine rings is 1. The van der Waals surface area contributed by atoms with E-state index in [1.54, 1.807) is 32.6 Å². The fraction of sp³-hybridized carbons (Fsp3) is 0.261. The Morgan fingerprint density at radius 3 is 2.57 bits per heavy atom. The molecule has 0 aliphatic carbocycles. The first-order chi connectivity index (χ1) is 14.6. The van der Waals surface area contributed by atoms with Crippen LogP contribution in [0.3, 0.4) is 0 Å². The molecule has 0 spiro atoms. The number of methoxy groups -OCH3 is 2. The highest BCUT2D eigenvalue weighted by Gasteiger charge is 2.07. The van der Waals surface area contributed by atoms with Crippen LogP contribution in [0.1, 0.15) is 25.1 Å². The maximum atomic E-state index is 12.1. The zero-order valence-electron chi connectivity index (χ0n) is 17.9. The monoisotopic (exact) mass is 425 g/mol. The molecule has 2 aromatic carbocycles. The van der Waals surface area contributed by atoms with Gasteiger partial charge in [-0.05, 0) is 42.8 Å². The molecule has 1 N–H and O–H groups in total. The summed E-state index contributed by atoms with van der Waals surface area (Å²) in [7, 11) is 3.15. The summed E-state index contributed by atoms with van der Waals surface area (Å²) in [6.07, 6.45) is 1.57. The second kappa shape index (κ2) is 11.8. The molecule has 0 aliphatic heterocycles. The number of aromatic nitrogens is 1. The summed E-state index contributed by atoms with van der Waals surface area (Å²) in [5.41, 5.74) is 5.20. The van der Waals surface area contributed by atoms with E-state index in [0.717, 1.165) is 27.1 Å². The van der Waals surface area contributed by atoms with E-state index in [1.807, 2.05) is 57.2 Å². The average molecular weight is 426 g/mol. The number of para-hydroxylation sites is 1. The van der Waals surface area contributed by atoms with E-state index >= 15 is 0 Å². The Balaban J connectivity index is 0.00000155. The molecule has 0 atom stereocenters. The van der Waals surface area contributed by atoms with Crippen LogP contribution in [0.25, 0.3) is 10.9 Å². The molecule has 158 valence electrons. The highest BCUT2D eigenvalue weighted by atomic mass is 32.2. The van der Waals surface area contributed by atoms with Crippen molar-refractivity contribution in [3.8, 4) is 11.5 Å². The number of hydrogen-bond acceptors (Lipinski definition) is 6. The van der Waals surface area contributed by atoms with Crippen molar-refractivity contribution >= 4 is 34.8 Å². The second-order valence-corrected chi connectivity index (χ2v) is 6.99. The molecule has 7 heteroatoms. The van der Waals surface area contributed by atoms with E-state index in [1.165, 1.54) is 11.8 Å². The maximum Gasteiger partial charge on any atom is 0.250 e. The van der Waals surface area contributed by atoms with Crippen molar-refractivity contribution in [3.05, 3.63) is 59.8 Å². The lowest BCUT2D eigenvalue weighted by atomic mass is 10.2. The van der Waals surface area contributed by atoms with Gasteiger partial charge in [0, 0.05) is 16.0 Å². The number of ether oxygens (including phenoxy) is 2. The minimum absolute atomic E-state index is 0.180. The number of amides is 1. The molecule has 0 aliphatic rings. The third-order valence-electron chi connectivity index (χ3n) is 3.98. The highest BCUT2D eigenvalue weighted by molar-refractivity contribution is 8.00. The first kappa shape index (κ1) is 23.2. The average Bonchev–Trinajstić information content (AvgIpc) is 2.78. The van der Waals surface area contributed by atoms with Gasteiger partial charge < -0.3 is 9.47 Å². The van der Waals surface area contributed by atoms with Gasteiger partial charge in [-0.25, -0.2) is 5.43 Å². The minimum Gasteiger partial charge on any atom is -0.493 e. The van der Waals surface area contributed by atoms with Crippen LogP contribution < -0.4 is 14.9 Å². The molecule has 0 unspecified atom stereocenters. The number of nitrogens with zero attached hydrogens (tertiary/aromatic N) is 2. The largest absolute Gasteiger partial charge is 0.493 e. The summed E-state index contributed by atoms with van der Waals surface area (Å²) in [5.74, 6) is 1.32. The molecule has 0 saturated heterocycles. The van der Waals surface area contributed by atoms with Gasteiger partial charge in [-0.1, -0.05) is 32.0 Å². The van der Waals surface area contributed by atoms with Crippen molar-refractivity contribution in [2.45, 2.75) is 25.7 Å². The molecule has 3 aromatic rings. The quantitative estimate of drug-likeness (QED) is 0.333. The Morgan fingerprint density at radius 1 is 1.10 bits per heavy atom. The topological polar surface area (TPSA) is 72.8 Å². The zero-order chi connectivity index (χ0) is 21.9. The Bertz CT molecular complexity index is 1020. The predicted molar refractivity (Wildman–Crippen MR) is 124 cm³/mol. The van der Waals surface area contributed by atoms with E-state index in [2.05, 4.69) is 15.5 Å². The number of fused-ring (bicyclic) bond motifs is 1. The Labute approximate surface area is 181 Å². The molecule has 6 nitrogen and oxygen atoms in total. The zero-order valence-corrected chi connectivity index (χ0v) is 18.7. The van der Waals surface area contributed by atoms with Gasteiger partial charge >= 0.3 is 0 Å². The molecule has 1 heterocycles. The SMILES string of the molecule is CC.COc1ccc(/C=N/NC(=O)CSc2cc(C)nc3ccccc23)cc1OC. The van der Waals surface area contributed by atoms with Gasteiger partial charge in [-0.15, -0.1) is 11.8 Å². The molecule has 1 amide bonds. The van der Waals surface area contributed by atoms with Crippen molar-refractivity contribution in [1.82, 2.24) is 10.4 Å². The standard InChI is InChI=1S/C21H21N3O3S.C2H6/c1-14-10-20(16-6-4-5-7-17(16)23-14)28-13-21(25)24-22-12-15-8-9-18(26-2)19(11-15)27-3;1-2/h4-12H,13H2,1-3H3,(H,24,25);1-2H3/b22-12+;. The van der Waals surface area contributed by atoms with Crippen LogP contribution >= 0.6 is 11.8 Å². The van der Waals surface area contributed by atoms with Gasteiger partial charge in [0.2, 0.25) is 5.91 Å². The van der Waals surface area contributed by atoms with Crippen LogP contribution in [0.15, 0.2) is 58.5 Å². The van der Waals surface area contributed by atoms with Gasteiger partial charge in [0.15, 0.2) is 11.5 Å². The summed E-state index contributed by atoms with van der Waals surface area (Å²) in [4.78, 5) is 17.7. The number of carbonyl (C=O) groups excluding carboxylic acids is 1. The predicted octanol–water partition coefficient (Wildman–Crippen LogP) is 4.83. The lowest BCUT2D eigenvalue weighted by Gasteiger charge is -2.08. The molecular weight excluding hydrogens is 398 g/mol. The first-order valence-electron chi connectivity index (χ1n) is 9.64. The van der Waals surface area contributed by atoms with E-state index in [4.69, 9.17) is 9.47 Å². The number of hydrazone groups is 1. The first-order valence-corrected chi connectivity index (χ1v) is 10.6. The third kappa shape index (κ3) is 6.22. The smallest absolute Gasteiger partial charge is 0.250 e. The number of carbonyl (C=O) groups is 1. The second-order valence-electron chi connectivity index (χ2n) is 5.98. The summed E-state index contributed by atoms with van der Waals surface area (Å²) in [5, 5.41) is 5.06. The van der Waals surface area contributed by atoms with Crippen molar-refractivity contribution in [2.24, 2.45) is 5.10 Å². The van der Waals surface area contributed by atoms with Gasteiger partial charge in [0.25, 0.3) is 0 Å². The number of benzene rings is 2. The fourth-order valence-corrected chi connectivity index (χ4v) is 3.61. The van der Waals surface area contributed by atoms with E-state index < -0.39 is 0 Å². The number of rotatable bonds is 7. The maximum absolute atomic E-state index is 12.1. The molecule has 0 saturated carbocycles. The van der Waals surface area contributed by atoms with Crippen LogP contribution in [0.2, 0.25) is 0 Å². The summed E-state index contributed by atoms with van der Waals surface area (Å²) in [6, 6.07) is 15.3. The van der Waals surface area contributed by atoms with Gasteiger partial charge in [0.1, 0.15) is 0 Å². The molecule has 0 bridgehead atoms. The van der Waals surface area contributed by atoms with Crippen molar-refractivity contribution in [1.29, 1.82) is 0 Å². The summed E-state index contributed by atoms with van der Waals surface area (Å²) < 4.78 is 10.5. The van der Waals surface area contributed by atoms with Gasteiger partial charge in [-0.2, -0.15) is 5.10 Å². The van der Waals surface area contributed by atoms with Crippen LogP contribution in [0.5, 0.6) is 11.5 Å². The third-order valence-corrected chi connectivity index (χ3v) is 5.03. The van der Waals surface area contributed by atoms with Crippen LogP contribution in [-0.4, -0.2) is 37.1 Å². The van der Waals surface area contributed by atoms with Crippen molar-refractivity contribution in [3.63, 3.8) is 0 Å². The fourth-order valence-electron chi connectivity index (χ4n) is 2.68. The van der Waals surface area contributed by atoms with E-state index in [-0.39, 0.29) is 11.7 Å².